The molecule has 0 amide bonds. The van der Waals surface area contributed by atoms with Crippen molar-refractivity contribution in [1.82, 2.24) is 10.2 Å². The Balaban J connectivity index is 1.83. The largest absolute Gasteiger partial charge is 0.491 e. The van der Waals surface area contributed by atoms with Crippen LogP contribution >= 0.6 is 0 Å². The van der Waals surface area contributed by atoms with Gasteiger partial charge in [0.15, 0.2) is 5.96 Å². The summed E-state index contributed by atoms with van der Waals surface area (Å²) in [6.07, 6.45) is 3.58. The first kappa shape index (κ1) is 22.5. The number of methoxy groups -OCH3 is 1. The molecule has 0 atom stereocenters. The van der Waals surface area contributed by atoms with Crippen LogP contribution in [0.2, 0.25) is 0 Å². The Bertz CT molecular complexity index is 567. The summed E-state index contributed by atoms with van der Waals surface area (Å²) in [5, 5.41) is 3.43. The molecular weight excluding hydrogens is 354 g/mol. The van der Waals surface area contributed by atoms with Crippen LogP contribution in [0.5, 0.6) is 5.75 Å². The van der Waals surface area contributed by atoms with E-state index in [1.807, 2.05) is 26.0 Å². The number of rotatable bonds is 10. The molecule has 0 saturated carbocycles. The van der Waals surface area contributed by atoms with Crippen LogP contribution in [0.15, 0.2) is 29.3 Å². The second-order valence-electron chi connectivity index (χ2n) is 7.38. The van der Waals surface area contributed by atoms with Crippen LogP contribution in [0, 0.1) is 0 Å². The van der Waals surface area contributed by atoms with Gasteiger partial charge in [-0.1, -0.05) is 12.1 Å². The first-order valence-electron chi connectivity index (χ1n) is 10.5. The van der Waals surface area contributed by atoms with Crippen molar-refractivity contribution in [2.24, 2.45) is 4.99 Å². The monoisotopic (exact) mass is 391 g/mol. The van der Waals surface area contributed by atoms with Crippen LogP contribution < -0.4 is 10.1 Å². The number of nitrogens with zero attached hydrogens (tertiary/aromatic N) is 2. The fourth-order valence-electron chi connectivity index (χ4n) is 3.23. The zero-order valence-corrected chi connectivity index (χ0v) is 17.9. The van der Waals surface area contributed by atoms with Crippen molar-refractivity contribution in [2.75, 3.05) is 40.0 Å². The maximum atomic E-state index is 5.96. The molecule has 0 aromatic heterocycles. The molecule has 1 fully saturated rings. The van der Waals surface area contributed by atoms with E-state index in [-0.39, 0.29) is 6.10 Å². The molecular formula is C22H37N3O3. The van der Waals surface area contributed by atoms with E-state index in [2.05, 4.69) is 29.3 Å². The van der Waals surface area contributed by atoms with E-state index in [1.54, 1.807) is 7.11 Å². The smallest absolute Gasteiger partial charge is 0.194 e. The second kappa shape index (κ2) is 12.6. The second-order valence-corrected chi connectivity index (χ2v) is 7.38. The third kappa shape index (κ3) is 8.07. The number of benzene rings is 1. The van der Waals surface area contributed by atoms with Gasteiger partial charge in [0.1, 0.15) is 5.75 Å². The minimum Gasteiger partial charge on any atom is -0.491 e. The maximum Gasteiger partial charge on any atom is 0.194 e. The maximum absolute atomic E-state index is 5.96. The molecule has 0 radical (unpaired) electrons. The van der Waals surface area contributed by atoms with Crippen molar-refractivity contribution in [3.63, 3.8) is 0 Å². The van der Waals surface area contributed by atoms with Crippen molar-refractivity contribution >= 4 is 5.96 Å². The standard InChI is InChI=1S/C22H37N3O3/c1-5-23-22(24-17-19-7-9-21(10-8-19)28-18(2)3)25-13-11-20(12-14-25)27-16-6-15-26-4/h7-10,18,20H,5-6,11-17H2,1-4H3,(H,23,24). The Kier molecular flexibility index (Phi) is 10.1. The number of piperidine rings is 1. The zero-order valence-electron chi connectivity index (χ0n) is 17.9. The number of ether oxygens (including phenoxy) is 3. The third-order valence-corrected chi connectivity index (χ3v) is 4.63. The number of likely N-dealkylation sites (tertiary alicyclic amines) is 1. The van der Waals surface area contributed by atoms with E-state index < -0.39 is 0 Å². The number of guanidine groups is 1. The van der Waals surface area contributed by atoms with Gasteiger partial charge in [-0.05, 0) is 57.7 Å². The lowest BCUT2D eigenvalue weighted by atomic mass is 10.1. The Morgan fingerprint density at radius 3 is 2.50 bits per heavy atom. The number of hydrogen-bond donors (Lipinski definition) is 1. The van der Waals surface area contributed by atoms with Gasteiger partial charge in [0.05, 0.1) is 18.8 Å². The van der Waals surface area contributed by atoms with Crippen LogP contribution in [-0.2, 0) is 16.0 Å². The van der Waals surface area contributed by atoms with Crippen molar-refractivity contribution in [3.05, 3.63) is 29.8 Å². The van der Waals surface area contributed by atoms with Gasteiger partial charge in [0.25, 0.3) is 0 Å². The first-order valence-corrected chi connectivity index (χ1v) is 10.5. The minimum atomic E-state index is 0.191. The average Bonchev–Trinajstić information content (AvgIpc) is 2.70. The summed E-state index contributed by atoms with van der Waals surface area (Å²) in [6, 6.07) is 8.21. The van der Waals surface area contributed by atoms with Crippen molar-refractivity contribution in [2.45, 2.75) is 58.8 Å². The van der Waals surface area contributed by atoms with Gasteiger partial charge in [0, 0.05) is 40.0 Å². The highest BCUT2D eigenvalue weighted by atomic mass is 16.5. The SMILES string of the molecule is CCNC(=NCc1ccc(OC(C)C)cc1)N1CCC(OCCCOC)CC1. The average molecular weight is 392 g/mol. The van der Waals surface area contributed by atoms with Crippen LogP contribution in [0.3, 0.4) is 0 Å². The Hall–Kier alpha value is -1.79. The molecule has 0 aliphatic carbocycles. The summed E-state index contributed by atoms with van der Waals surface area (Å²) in [6.45, 7) is 11.2. The van der Waals surface area contributed by atoms with Crippen LogP contribution in [0.25, 0.3) is 0 Å². The van der Waals surface area contributed by atoms with Gasteiger partial charge < -0.3 is 24.4 Å². The molecule has 1 heterocycles. The zero-order chi connectivity index (χ0) is 20.2. The van der Waals surface area contributed by atoms with Crippen molar-refractivity contribution in [3.8, 4) is 5.75 Å². The molecule has 0 unspecified atom stereocenters. The molecule has 158 valence electrons. The predicted molar refractivity (Wildman–Crippen MR) is 114 cm³/mol. The molecule has 0 spiro atoms. The van der Waals surface area contributed by atoms with E-state index in [4.69, 9.17) is 19.2 Å². The highest BCUT2D eigenvalue weighted by molar-refractivity contribution is 5.80. The van der Waals surface area contributed by atoms with E-state index in [9.17, 15) is 0 Å². The summed E-state index contributed by atoms with van der Waals surface area (Å²) in [5.41, 5.74) is 1.18. The van der Waals surface area contributed by atoms with Crippen LogP contribution in [-0.4, -0.2) is 63.0 Å². The summed E-state index contributed by atoms with van der Waals surface area (Å²) < 4.78 is 16.7. The fourth-order valence-corrected chi connectivity index (χ4v) is 3.23. The number of aliphatic imine (C=N–C) groups is 1. The fraction of sp³-hybridized carbons (Fsp3) is 0.682. The normalized spacial score (nSPS) is 15.9. The highest BCUT2D eigenvalue weighted by Crippen LogP contribution is 2.16. The predicted octanol–water partition coefficient (Wildman–Crippen LogP) is 3.46. The van der Waals surface area contributed by atoms with Gasteiger partial charge >= 0.3 is 0 Å². The van der Waals surface area contributed by atoms with Gasteiger partial charge in [-0.25, -0.2) is 4.99 Å². The van der Waals surface area contributed by atoms with Gasteiger partial charge in [-0.3, -0.25) is 0 Å². The summed E-state index contributed by atoms with van der Waals surface area (Å²) in [4.78, 5) is 7.18. The molecule has 1 aliphatic heterocycles. The lowest BCUT2D eigenvalue weighted by molar-refractivity contribution is 0.00990. The summed E-state index contributed by atoms with van der Waals surface area (Å²) in [7, 11) is 1.73. The summed E-state index contributed by atoms with van der Waals surface area (Å²) >= 11 is 0. The van der Waals surface area contributed by atoms with E-state index in [0.717, 1.165) is 63.8 Å². The van der Waals surface area contributed by atoms with Crippen molar-refractivity contribution < 1.29 is 14.2 Å². The lowest BCUT2D eigenvalue weighted by Gasteiger charge is -2.34. The van der Waals surface area contributed by atoms with Gasteiger partial charge in [-0.15, -0.1) is 0 Å². The molecule has 0 bridgehead atoms. The summed E-state index contributed by atoms with van der Waals surface area (Å²) in [5.74, 6) is 1.89. The molecule has 1 aromatic rings. The number of nitrogens with one attached hydrogen (secondary N) is 1. The van der Waals surface area contributed by atoms with Gasteiger partial charge in [-0.2, -0.15) is 0 Å². The highest BCUT2D eigenvalue weighted by Gasteiger charge is 2.21. The molecule has 6 heteroatoms. The van der Waals surface area contributed by atoms with E-state index in [1.165, 1.54) is 5.56 Å². The Morgan fingerprint density at radius 2 is 1.89 bits per heavy atom. The lowest BCUT2D eigenvalue weighted by Crippen LogP contribution is -2.47. The number of hydrogen-bond acceptors (Lipinski definition) is 4. The van der Waals surface area contributed by atoms with Gasteiger partial charge in [0.2, 0.25) is 0 Å². The van der Waals surface area contributed by atoms with Crippen LogP contribution in [0.1, 0.15) is 45.6 Å². The van der Waals surface area contributed by atoms with Crippen molar-refractivity contribution in [1.29, 1.82) is 0 Å². The molecule has 1 aliphatic rings. The third-order valence-electron chi connectivity index (χ3n) is 4.63. The van der Waals surface area contributed by atoms with E-state index >= 15 is 0 Å². The Labute approximate surface area is 170 Å². The molecule has 1 aromatic carbocycles. The quantitative estimate of drug-likeness (QED) is 0.376. The van der Waals surface area contributed by atoms with E-state index in [0.29, 0.717) is 12.6 Å². The first-order chi connectivity index (χ1) is 13.6. The topological polar surface area (TPSA) is 55.3 Å². The molecule has 28 heavy (non-hydrogen) atoms. The van der Waals surface area contributed by atoms with Crippen LogP contribution in [0.4, 0.5) is 0 Å². The molecule has 6 nitrogen and oxygen atoms in total. The molecule has 1 saturated heterocycles. The molecule has 2 rings (SSSR count). The minimum absolute atomic E-state index is 0.191. The Morgan fingerprint density at radius 1 is 1.18 bits per heavy atom. The molecule has 1 N–H and O–H groups in total.